The molecule has 0 spiro atoms. The van der Waals surface area contributed by atoms with Crippen molar-refractivity contribution in [3.05, 3.63) is 42.0 Å². The summed E-state index contributed by atoms with van der Waals surface area (Å²) in [5.74, 6) is -5.64. The average Bonchev–Trinajstić information content (AvgIpc) is 2.84. The number of halogens is 3. The van der Waals surface area contributed by atoms with Gasteiger partial charge in [0.1, 0.15) is 5.82 Å². The van der Waals surface area contributed by atoms with E-state index in [9.17, 15) is 13.2 Å². The number of nitrogens with one attached hydrogen (secondary N) is 1. The molecule has 2 heterocycles. The summed E-state index contributed by atoms with van der Waals surface area (Å²) in [7, 11) is 0. The highest BCUT2D eigenvalue weighted by molar-refractivity contribution is 5.78. The molecule has 0 aliphatic carbocycles. The predicted octanol–water partition coefficient (Wildman–Crippen LogP) is 2.75. The van der Waals surface area contributed by atoms with E-state index < -0.39 is 23.2 Å². The lowest BCUT2D eigenvalue weighted by Crippen LogP contribution is -1.94. The van der Waals surface area contributed by atoms with E-state index in [0.29, 0.717) is 17.1 Å². The van der Waals surface area contributed by atoms with Crippen LogP contribution in [0, 0.1) is 17.5 Å². The van der Waals surface area contributed by atoms with Crippen LogP contribution in [0.25, 0.3) is 22.4 Å². The van der Waals surface area contributed by atoms with Gasteiger partial charge in [-0.05, 0) is 12.1 Å². The van der Waals surface area contributed by atoms with E-state index in [1.807, 2.05) is 0 Å². The smallest absolute Gasteiger partial charge is 0.203 e. The van der Waals surface area contributed by atoms with Crippen molar-refractivity contribution in [1.29, 1.82) is 0 Å². The molecule has 4 nitrogen and oxygen atoms in total. The Bertz CT molecular complexity index is 752. The van der Waals surface area contributed by atoms with Crippen LogP contribution >= 0.6 is 0 Å². The van der Waals surface area contributed by atoms with E-state index in [1.54, 1.807) is 6.07 Å². The van der Waals surface area contributed by atoms with Crippen molar-refractivity contribution in [2.45, 2.75) is 0 Å². The van der Waals surface area contributed by atoms with Gasteiger partial charge in [-0.15, -0.1) is 0 Å². The molecule has 3 aromatic rings. The van der Waals surface area contributed by atoms with Crippen molar-refractivity contribution in [3.63, 3.8) is 0 Å². The zero-order valence-corrected chi connectivity index (χ0v) is 9.28. The zero-order valence-electron chi connectivity index (χ0n) is 9.28. The van der Waals surface area contributed by atoms with Crippen LogP contribution in [0.4, 0.5) is 13.2 Å². The van der Waals surface area contributed by atoms with Crippen LogP contribution < -0.4 is 0 Å². The van der Waals surface area contributed by atoms with Gasteiger partial charge in [0.2, 0.25) is 5.82 Å². The summed E-state index contributed by atoms with van der Waals surface area (Å²) in [6.45, 7) is 0. The minimum Gasteiger partial charge on any atom is -0.503 e. The van der Waals surface area contributed by atoms with Crippen LogP contribution in [0.5, 0.6) is 5.75 Å². The second-order valence-electron chi connectivity index (χ2n) is 3.86. The van der Waals surface area contributed by atoms with Gasteiger partial charge in [0.15, 0.2) is 17.4 Å². The third kappa shape index (κ3) is 1.70. The molecule has 3 rings (SSSR count). The number of aromatic hydroxyl groups is 1. The number of imidazole rings is 1. The first kappa shape index (κ1) is 11.5. The molecule has 2 aromatic heterocycles. The topological polar surface area (TPSA) is 61.8 Å². The highest BCUT2D eigenvalue weighted by Crippen LogP contribution is 2.31. The Kier molecular flexibility index (Phi) is 2.41. The Morgan fingerprint density at radius 1 is 1.16 bits per heavy atom. The van der Waals surface area contributed by atoms with Crippen LogP contribution in [0.15, 0.2) is 24.5 Å². The monoisotopic (exact) mass is 265 g/mol. The maximum absolute atomic E-state index is 13.7. The van der Waals surface area contributed by atoms with Crippen LogP contribution in [0.2, 0.25) is 0 Å². The first-order valence-corrected chi connectivity index (χ1v) is 5.24. The normalized spacial score (nSPS) is 11.1. The largest absolute Gasteiger partial charge is 0.503 e. The summed E-state index contributed by atoms with van der Waals surface area (Å²) in [4.78, 5) is 10.6. The van der Waals surface area contributed by atoms with Crippen molar-refractivity contribution in [2.24, 2.45) is 0 Å². The lowest BCUT2D eigenvalue weighted by atomic mass is 10.1. The van der Waals surface area contributed by atoms with Crippen molar-refractivity contribution in [3.8, 4) is 17.1 Å². The first-order valence-electron chi connectivity index (χ1n) is 5.24. The van der Waals surface area contributed by atoms with Gasteiger partial charge < -0.3 is 10.1 Å². The van der Waals surface area contributed by atoms with Gasteiger partial charge in [-0.3, -0.25) is 4.98 Å². The summed E-state index contributed by atoms with van der Waals surface area (Å²) >= 11 is 0. The van der Waals surface area contributed by atoms with E-state index in [-0.39, 0.29) is 11.4 Å². The number of benzene rings is 1. The van der Waals surface area contributed by atoms with Gasteiger partial charge in [-0.1, -0.05) is 0 Å². The number of rotatable bonds is 1. The molecule has 0 radical (unpaired) electrons. The fourth-order valence-electron chi connectivity index (χ4n) is 1.75. The van der Waals surface area contributed by atoms with E-state index in [0.717, 1.165) is 0 Å². The Balaban J connectivity index is 2.27. The third-order valence-electron chi connectivity index (χ3n) is 2.67. The Hall–Kier alpha value is -2.57. The highest BCUT2D eigenvalue weighted by Gasteiger charge is 2.20. The standard InChI is InChI=1S/C12H6F3N3O/c13-6-3-5(9(14)11(19)10(6)15)12-17-7-1-2-16-4-8(7)18-12/h1-4,19H,(H,17,18). The van der Waals surface area contributed by atoms with Crippen LogP contribution in [-0.4, -0.2) is 20.1 Å². The molecule has 2 N–H and O–H groups in total. The summed E-state index contributed by atoms with van der Waals surface area (Å²) < 4.78 is 39.9. The summed E-state index contributed by atoms with van der Waals surface area (Å²) in [6, 6.07) is 2.21. The fraction of sp³-hybridized carbons (Fsp3) is 0. The second-order valence-corrected chi connectivity index (χ2v) is 3.86. The molecule has 96 valence electrons. The molecule has 0 fully saturated rings. The number of aromatic nitrogens is 3. The maximum Gasteiger partial charge on any atom is 0.203 e. The number of pyridine rings is 1. The molecule has 19 heavy (non-hydrogen) atoms. The van der Waals surface area contributed by atoms with Crippen LogP contribution in [0.3, 0.4) is 0 Å². The molecular formula is C12H6F3N3O. The van der Waals surface area contributed by atoms with Crippen LogP contribution in [0.1, 0.15) is 0 Å². The van der Waals surface area contributed by atoms with Crippen molar-refractivity contribution in [1.82, 2.24) is 15.0 Å². The third-order valence-corrected chi connectivity index (χ3v) is 2.67. The van der Waals surface area contributed by atoms with E-state index >= 15 is 0 Å². The van der Waals surface area contributed by atoms with Gasteiger partial charge in [-0.2, -0.15) is 4.39 Å². The lowest BCUT2D eigenvalue weighted by Gasteiger charge is -2.03. The predicted molar refractivity (Wildman–Crippen MR) is 60.9 cm³/mol. The number of hydrogen-bond donors (Lipinski definition) is 2. The molecule has 0 aliphatic heterocycles. The number of H-pyrrole nitrogens is 1. The average molecular weight is 265 g/mol. The Labute approximate surface area is 104 Å². The number of hydrogen-bond acceptors (Lipinski definition) is 3. The molecule has 0 saturated heterocycles. The van der Waals surface area contributed by atoms with Crippen molar-refractivity contribution in [2.75, 3.05) is 0 Å². The first-order chi connectivity index (χ1) is 9.08. The number of aromatic amines is 1. The summed E-state index contributed by atoms with van der Waals surface area (Å²) in [5.41, 5.74) is 0.655. The molecule has 0 aliphatic rings. The lowest BCUT2D eigenvalue weighted by molar-refractivity contribution is 0.377. The SMILES string of the molecule is Oc1c(F)c(F)cc(-c2nc3ccncc3[nH]2)c1F. The maximum atomic E-state index is 13.7. The van der Waals surface area contributed by atoms with E-state index in [1.165, 1.54) is 12.4 Å². The quantitative estimate of drug-likeness (QED) is 0.665. The molecule has 0 unspecified atom stereocenters. The minimum absolute atomic E-state index is 0.0188. The van der Waals surface area contributed by atoms with Gasteiger partial charge in [0, 0.05) is 6.20 Å². The molecule has 0 atom stereocenters. The number of phenolic OH excluding ortho intramolecular Hbond substituents is 1. The highest BCUT2D eigenvalue weighted by atomic mass is 19.2. The van der Waals surface area contributed by atoms with Crippen molar-refractivity contribution >= 4 is 11.0 Å². The molecule has 0 saturated carbocycles. The van der Waals surface area contributed by atoms with E-state index in [4.69, 9.17) is 5.11 Å². The van der Waals surface area contributed by atoms with Gasteiger partial charge >= 0.3 is 0 Å². The van der Waals surface area contributed by atoms with Crippen LogP contribution in [-0.2, 0) is 0 Å². The zero-order chi connectivity index (χ0) is 13.6. The number of nitrogens with zero attached hydrogens (tertiary/aromatic N) is 2. The summed E-state index contributed by atoms with van der Waals surface area (Å²) in [5, 5.41) is 9.16. The molecule has 0 amide bonds. The number of fused-ring (bicyclic) bond motifs is 1. The molecule has 7 heteroatoms. The Morgan fingerprint density at radius 2 is 1.95 bits per heavy atom. The summed E-state index contributed by atoms with van der Waals surface area (Å²) in [6.07, 6.45) is 2.95. The molecular weight excluding hydrogens is 259 g/mol. The fourth-order valence-corrected chi connectivity index (χ4v) is 1.75. The number of phenols is 1. The second kappa shape index (κ2) is 3.98. The van der Waals surface area contributed by atoms with Gasteiger partial charge in [-0.25, -0.2) is 13.8 Å². The van der Waals surface area contributed by atoms with E-state index in [2.05, 4.69) is 15.0 Å². The van der Waals surface area contributed by atoms with Gasteiger partial charge in [0.25, 0.3) is 0 Å². The van der Waals surface area contributed by atoms with Gasteiger partial charge in [0.05, 0.1) is 22.8 Å². The van der Waals surface area contributed by atoms with Crippen molar-refractivity contribution < 1.29 is 18.3 Å². The minimum atomic E-state index is -1.63. The molecule has 0 bridgehead atoms. The molecule has 1 aromatic carbocycles. The Morgan fingerprint density at radius 3 is 2.68 bits per heavy atom.